The van der Waals surface area contributed by atoms with E-state index in [1.807, 2.05) is 0 Å². The Morgan fingerprint density at radius 3 is 2.76 bits per heavy atom. The zero-order chi connectivity index (χ0) is 24.2. The van der Waals surface area contributed by atoms with Crippen molar-refractivity contribution in [2.75, 3.05) is 30.9 Å². The van der Waals surface area contributed by atoms with Gasteiger partial charge in [0.2, 0.25) is 5.91 Å². The molecule has 1 amide bonds. The number of hydrogen-bond donors (Lipinski definition) is 3. The Bertz CT molecular complexity index is 1200. The molecule has 1 aliphatic heterocycles. The second-order valence-corrected chi connectivity index (χ2v) is 8.31. The number of carbonyl (C=O) groups excluding carboxylic acids is 1. The van der Waals surface area contributed by atoms with Crippen LogP contribution in [0.3, 0.4) is 0 Å². The van der Waals surface area contributed by atoms with E-state index in [9.17, 15) is 18.7 Å². The van der Waals surface area contributed by atoms with Crippen LogP contribution in [-0.4, -0.2) is 36.3 Å². The Morgan fingerprint density at radius 2 is 2.06 bits per heavy atom. The summed E-state index contributed by atoms with van der Waals surface area (Å²) in [6.07, 6.45) is 1.30. The van der Waals surface area contributed by atoms with E-state index in [-0.39, 0.29) is 35.6 Å². The van der Waals surface area contributed by atoms with Crippen LogP contribution in [0.2, 0.25) is 0 Å². The number of hydrogen-bond acceptors (Lipinski definition) is 6. The van der Waals surface area contributed by atoms with Gasteiger partial charge in [-0.25, -0.2) is 13.8 Å². The second kappa shape index (κ2) is 10.0. The maximum atomic E-state index is 14.2. The number of anilines is 3. The molecule has 0 bridgehead atoms. The summed E-state index contributed by atoms with van der Waals surface area (Å²) in [7, 11) is 1.64. The highest BCUT2D eigenvalue weighted by Gasteiger charge is 2.19. The monoisotopic (exact) mass is 468 g/mol. The summed E-state index contributed by atoms with van der Waals surface area (Å²) in [6, 6.07) is 11.5. The molecule has 1 unspecified atom stereocenters. The molecule has 1 fully saturated rings. The van der Waals surface area contributed by atoms with Crippen molar-refractivity contribution >= 4 is 23.1 Å². The molecule has 0 spiro atoms. The number of aromatic hydroxyl groups is 1. The van der Waals surface area contributed by atoms with E-state index in [0.29, 0.717) is 42.1 Å². The van der Waals surface area contributed by atoms with Gasteiger partial charge >= 0.3 is 0 Å². The molecule has 9 heteroatoms. The molecule has 0 saturated carbocycles. The number of phenols is 1. The minimum Gasteiger partial charge on any atom is -0.507 e. The SMILES string of the molecule is CN(c1ccc(O)c(-c2ccc(CNC(=O)CC3CCOC3)c(N)n2)c1)c1ccc(F)cc1F. The van der Waals surface area contributed by atoms with Crippen LogP contribution in [0.5, 0.6) is 5.75 Å². The number of ether oxygens (including phenoxy) is 1. The lowest BCUT2D eigenvalue weighted by atomic mass is 10.0. The maximum absolute atomic E-state index is 14.2. The smallest absolute Gasteiger partial charge is 0.220 e. The van der Waals surface area contributed by atoms with Crippen LogP contribution < -0.4 is 16.0 Å². The lowest BCUT2D eigenvalue weighted by Gasteiger charge is -2.21. The number of carbonyl (C=O) groups is 1. The Morgan fingerprint density at radius 1 is 1.24 bits per heavy atom. The van der Waals surface area contributed by atoms with Crippen molar-refractivity contribution < 1.29 is 23.4 Å². The highest BCUT2D eigenvalue weighted by Crippen LogP contribution is 2.35. The summed E-state index contributed by atoms with van der Waals surface area (Å²) in [5.74, 6) is -0.987. The van der Waals surface area contributed by atoms with Gasteiger partial charge in [-0.2, -0.15) is 0 Å². The molecule has 1 atom stereocenters. The van der Waals surface area contributed by atoms with Gasteiger partial charge in [0.25, 0.3) is 0 Å². The lowest BCUT2D eigenvalue weighted by Crippen LogP contribution is -2.25. The molecule has 1 aliphatic rings. The molecule has 34 heavy (non-hydrogen) atoms. The molecule has 2 aromatic carbocycles. The number of benzene rings is 2. The molecule has 0 radical (unpaired) electrons. The van der Waals surface area contributed by atoms with Crippen LogP contribution >= 0.6 is 0 Å². The van der Waals surface area contributed by atoms with Crippen LogP contribution in [0, 0.1) is 17.6 Å². The first kappa shape index (κ1) is 23.4. The Hall–Kier alpha value is -3.72. The zero-order valence-electron chi connectivity index (χ0n) is 18.7. The molecular formula is C25H26F2N4O3. The van der Waals surface area contributed by atoms with Crippen LogP contribution in [0.4, 0.5) is 26.0 Å². The number of aromatic nitrogens is 1. The number of nitrogen functional groups attached to an aromatic ring is 1. The first-order valence-corrected chi connectivity index (χ1v) is 10.9. The van der Waals surface area contributed by atoms with Crippen molar-refractivity contribution in [1.82, 2.24) is 10.3 Å². The number of amides is 1. The lowest BCUT2D eigenvalue weighted by molar-refractivity contribution is -0.122. The highest BCUT2D eigenvalue weighted by atomic mass is 19.1. The van der Waals surface area contributed by atoms with E-state index in [2.05, 4.69) is 10.3 Å². The fourth-order valence-corrected chi connectivity index (χ4v) is 3.91. The molecule has 178 valence electrons. The Labute approximate surface area is 196 Å². The average Bonchev–Trinajstić information content (AvgIpc) is 3.31. The van der Waals surface area contributed by atoms with Gasteiger partial charge < -0.3 is 25.8 Å². The summed E-state index contributed by atoms with van der Waals surface area (Å²) in [5, 5.41) is 13.3. The summed E-state index contributed by atoms with van der Waals surface area (Å²) < 4.78 is 32.8. The quantitative estimate of drug-likeness (QED) is 0.482. The maximum Gasteiger partial charge on any atom is 0.220 e. The zero-order valence-corrected chi connectivity index (χ0v) is 18.7. The van der Waals surface area contributed by atoms with E-state index in [1.54, 1.807) is 36.2 Å². The third-order valence-electron chi connectivity index (χ3n) is 5.90. The first-order chi connectivity index (χ1) is 16.3. The summed E-state index contributed by atoms with van der Waals surface area (Å²) in [4.78, 5) is 18.1. The van der Waals surface area contributed by atoms with Crippen LogP contribution in [0.25, 0.3) is 11.3 Å². The predicted octanol–water partition coefficient (Wildman–Crippen LogP) is 4.13. The van der Waals surface area contributed by atoms with Crippen molar-refractivity contribution in [2.45, 2.75) is 19.4 Å². The van der Waals surface area contributed by atoms with E-state index in [0.717, 1.165) is 12.5 Å². The molecule has 4 rings (SSSR count). The number of phenolic OH excluding ortho intramolecular Hbond substituents is 1. The van der Waals surface area contributed by atoms with Crippen LogP contribution in [0.15, 0.2) is 48.5 Å². The standard InChI is InChI=1S/C25H26F2N4O3/c1-31(22-6-3-17(26)11-20(22)27)18-4-7-23(32)19(12-18)21-5-2-16(25(28)30-21)13-29-24(33)10-15-8-9-34-14-15/h2-7,11-12,15,32H,8-10,13-14H2,1H3,(H2,28,30)(H,29,33). The van der Waals surface area contributed by atoms with Crippen LogP contribution in [-0.2, 0) is 16.1 Å². The van der Waals surface area contributed by atoms with Crippen molar-refractivity contribution in [3.8, 4) is 17.0 Å². The number of rotatable bonds is 7. The average molecular weight is 469 g/mol. The highest BCUT2D eigenvalue weighted by molar-refractivity contribution is 5.77. The van der Waals surface area contributed by atoms with Gasteiger partial charge in [-0.3, -0.25) is 4.79 Å². The van der Waals surface area contributed by atoms with Crippen molar-refractivity contribution in [2.24, 2.45) is 5.92 Å². The Balaban J connectivity index is 1.50. The molecule has 0 aliphatic carbocycles. The molecule has 2 heterocycles. The minimum atomic E-state index is -0.702. The predicted molar refractivity (Wildman–Crippen MR) is 126 cm³/mol. The molecule has 4 N–H and O–H groups in total. The van der Waals surface area contributed by atoms with Gasteiger partial charge in [-0.05, 0) is 48.7 Å². The normalized spacial score (nSPS) is 15.3. The van der Waals surface area contributed by atoms with Gasteiger partial charge in [0.1, 0.15) is 23.2 Å². The number of halogens is 2. The molecule has 7 nitrogen and oxygen atoms in total. The van der Waals surface area contributed by atoms with Crippen molar-refractivity contribution in [3.63, 3.8) is 0 Å². The van der Waals surface area contributed by atoms with E-state index in [1.165, 1.54) is 18.2 Å². The third kappa shape index (κ3) is 5.26. The van der Waals surface area contributed by atoms with E-state index < -0.39 is 11.6 Å². The van der Waals surface area contributed by atoms with E-state index >= 15 is 0 Å². The van der Waals surface area contributed by atoms with Crippen molar-refractivity contribution in [3.05, 3.63) is 65.7 Å². The van der Waals surface area contributed by atoms with Gasteiger partial charge in [0, 0.05) is 56.1 Å². The van der Waals surface area contributed by atoms with Gasteiger partial charge in [-0.1, -0.05) is 6.07 Å². The molecule has 3 aromatic rings. The fourth-order valence-electron chi connectivity index (χ4n) is 3.91. The van der Waals surface area contributed by atoms with Crippen LogP contribution in [0.1, 0.15) is 18.4 Å². The topological polar surface area (TPSA) is 101 Å². The van der Waals surface area contributed by atoms with Crippen molar-refractivity contribution in [1.29, 1.82) is 0 Å². The summed E-state index contributed by atoms with van der Waals surface area (Å²) in [5.41, 5.74) is 8.34. The molecule has 1 saturated heterocycles. The number of nitrogens with one attached hydrogen (secondary N) is 1. The second-order valence-electron chi connectivity index (χ2n) is 8.31. The first-order valence-electron chi connectivity index (χ1n) is 10.9. The molecular weight excluding hydrogens is 442 g/mol. The molecule has 1 aromatic heterocycles. The fraction of sp³-hybridized carbons (Fsp3) is 0.280. The number of nitrogens with zero attached hydrogens (tertiary/aromatic N) is 2. The van der Waals surface area contributed by atoms with Gasteiger partial charge in [-0.15, -0.1) is 0 Å². The number of nitrogens with two attached hydrogens (primary N) is 1. The third-order valence-corrected chi connectivity index (χ3v) is 5.90. The summed E-state index contributed by atoms with van der Waals surface area (Å²) >= 11 is 0. The Kier molecular flexibility index (Phi) is 6.93. The van der Waals surface area contributed by atoms with Gasteiger partial charge in [0.15, 0.2) is 0 Å². The van der Waals surface area contributed by atoms with E-state index in [4.69, 9.17) is 10.5 Å². The number of pyridine rings is 1. The summed E-state index contributed by atoms with van der Waals surface area (Å²) in [6.45, 7) is 1.54. The van der Waals surface area contributed by atoms with Gasteiger partial charge in [0.05, 0.1) is 11.4 Å². The minimum absolute atomic E-state index is 0.0246. The largest absolute Gasteiger partial charge is 0.507 e.